The van der Waals surface area contributed by atoms with Gasteiger partial charge in [0, 0.05) is 30.5 Å². The Bertz CT molecular complexity index is 1140. The highest BCUT2D eigenvalue weighted by atomic mass is 32.1. The van der Waals surface area contributed by atoms with E-state index in [1.54, 1.807) is 23.7 Å². The maximum atomic E-state index is 6.43. The first-order chi connectivity index (χ1) is 15.3. The number of thiophene rings is 1. The third-order valence-corrected chi connectivity index (χ3v) is 6.84. The number of aromatic nitrogens is 3. The molecule has 1 aromatic carbocycles. The first-order valence-corrected chi connectivity index (χ1v) is 11.9. The highest BCUT2D eigenvalue weighted by molar-refractivity contribution is 7.18. The van der Waals surface area contributed by atoms with Gasteiger partial charge in [-0.2, -0.15) is 0 Å². The van der Waals surface area contributed by atoms with Crippen LogP contribution in [0.1, 0.15) is 30.4 Å². The lowest BCUT2D eigenvalue weighted by Gasteiger charge is -2.14. The lowest BCUT2D eigenvalue weighted by molar-refractivity contribution is 0.698. The van der Waals surface area contributed by atoms with Crippen LogP contribution < -0.4 is 11.1 Å². The Morgan fingerprint density at radius 3 is 2.65 bits per heavy atom. The quantitative estimate of drug-likeness (QED) is 0.388. The second-order valence-corrected chi connectivity index (χ2v) is 9.26. The summed E-state index contributed by atoms with van der Waals surface area (Å²) in [7, 11) is 0. The van der Waals surface area contributed by atoms with Crippen molar-refractivity contribution in [2.75, 3.05) is 11.9 Å². The standard InChI is InChI=1S/C25H27N5S/c26-21(14-18-4-2-1-3-5-18)15-28-25-23-22(20(16-31-23)9-8-17-6-7-17)29-24(30-25)19-10-12-27-13-11-19/h1-5,10-13,16-17,21H,6-9,14-15,26H2,(H,28,29,30). The molecular weight excluding hydrogens is 402 g/mol. The lowest BCUT2D eigenvalue weighted by Crippen LogP contribution is -2.31. The molecule has 4 aromatic rings. The molecule has 1 aliphatic rings. The number of nitrogens with zero attached hydrogens (tertiary/aromatic N) is 3. The normalized spacial score (nSPS) is 14.6. The molecule has 0 bridgehead atoms. The summed E-state index contributed by atoms with van der Waals surface area (Å²) >= 11 is 1.73. The summed E-state index contributed by atoms with van der Waals surface area (Å²) in [4.78, 5) is 14.0. The van der Waals surface area contributed by atoms with Gasteiger partial charge in [-0.15, -0.1) is 11.3 Å². The molecule has 1 unspecified atom stereocenters. The van der Waals surface area contributed by atoms with Gasteiger partial charge in [-0.25, -0.2) is 9.97 Å². The minimum absolute atomic E-state index is 0.00564. The lowest BCUT2D eigenvalue weighted by atomic mass is 10.1. The molecule has 1 saturated carbocycles. The predicted molar refractivity (Wildman–Crippen MR) is 128 cm³/mol. The van der Waals surface area contributed by atoms with Gasteiger partial charge in [-0.3, -0.25) is 4.98 Å². The number of nitrogens with one attached hydrogen (secondary N) is 1. The van der Waals surface area contributed by atoms with Crippen LogP contribution >= 0.6 is 11.3 Å². The summed E-state index contributed by atoms with van der Waals surface area (Å²) < 4.78 is 1.12. The van der Waals surface area contributed by atoms with E-state index in [0.29, 0.717) is 6.54 Å². The van der Waals surface area contributed by atoms with Crippen molar-refractivity contribution in [2.45, 2.75) is 38.1 Å². The van der Waals surface area contributed by atoms with E-state index in [1.807, 2.05) is 18.2 Å². The van der Waals surface area contributed by atoms with Gasteiger partial charge in [0.05, 0.1) is 10.2 Å². The van der Waals surface area contributed by atoms with Crippen molar-refractivity contribution < 1.29 is 0 Å². The smallest absolute Gasteiger partial charge is 0.162 e. The fourth-order valence-corrected chi connectivity index (χ4v) is 4.88. The molecule has 3 N–H and O–H groups in total. The molecule has 3 aromatic heterocycles. The fourth-order valence-electron chi connectivity index (χ4n) is 3.88. The summed E-state index contributed by atoms with van der Waals surface area (Å²) in [6.45, 7) is 0.659. The number of nitrogens with two attached hydrogens (primary N) is 1. The molecule has 3 heterocycles. The van der Waals surface area contributed by atoms with Crippen LogP contribution in [0.3, 0.4) is 0 Å². The zero-order chi connectivity index (χ0) is 21.0. The number of hydrogen-bond donors (Lipinski definition) is 2. The molecule has 31 heavy (non-hydrogen) atoms. The number of aryl methyl sites for hydroxylation is 1. The minimum Gasteiger partial charge on any atom is -0.367 e. The second kappa shape index (κ2) is 9.12. The van der Waals surface area contributed by atoms with Gasteiger partial charge in [0.15, 0.2) is 5.82 Å². The SMILES string of the molecule is NC(CNc1nc(-c2ccncc2)nc2c(CCC3CC3)csc12)Cc1ccccc1. The van der Waals surface area contributed by atoms with Gasteiger partial charge in [-0.1, -0.05) is 43.2 Å². The number of anilines is 1. The van der Waals surface area contributed by atoms with Crippen molar-refractivity contribution in [3.05, 3.63) is 71.4 Å². The molecule has 6 heteroatoms. The summed E-state index contributed by atoms with van der Waals surface area (Å²) in [6.07, 6.45) is 9.50. The first kappa shape index (κ1) is 20.1. The molecule has 1 fully saturated rings. The highest BCUT2D eigenvalue weighted by Crippen LogP contribution is 2.37. The molecule has 0 radical (unpaired) electrons. The maximum absolute atomic E-state index is 6.43. The molecule has 0 spiro atoms. The van der Waals surface area contributed by atoms with Gasteiger partial charge in [-0.05, 0) is 53.8 Å². The summed E-state index contributed by atoms with van der Waals surface area (Å²) in [6, 6.07) is 14.3. The van der Waals surface area contributed by atoms with Gasteiger partial charge in [0.1, 0.15) is 5.82 Å². The van der Waals surface area contributed by atoms with Gasteiger partial charge >= 0.3 is 0 Å². The van der Waals surface area contributed by atoms with Crippen molar-refractivity contribution in [1.82, 2.24) is 15.0 Å². The summed E-state index contributed by atoms with van der Waals surface area (Å²) in [5.41, 5.74) is 11.1. The molecule has 5 rings (SSSR count). The van der Waals surface area contributed by atoms with E-state index in [2.05, 4.69) is 39.9 Å². The molecule has 1 aliphatic carbocycles. The summed E-state index contributed by atoms with van der Waals surface area (Å²) in [5, 5.41) is 5.78. The Labute approximate surface area is 186 Å². The van der Waals surface area contributed by atoms with Crippen molar-refractivity contribution in [1.29, 1.82) is 0 Å². The average molecular weight is 430 g/mol. The number of hydrogen-bond acceptors (Lipinski definition) is 6. The Morgan fingerprint density at radius 1 is 1.06 bits per heavy atom. The van der Waals surface area contributed by atoms with E-state index < -0.39 is 0 Å². The molecular formula is C25H27N5S. The van der Waals surface area contributed by atoms with Crippen LogP contribution in [-0.2, 0) is 12.8 Å². The molecule has 0 amide bonds. The minimum atomic E-state index is 0.00564. The second-order valence-electron chi connectivity index (χ2n) is 8.38. The van der Waals surface area contributed by atoms with Gasteiger partial charge in [0.2, 0.25) is 0 Å². The maximum Gasteiger partial charge on any atom is 0.162 e. The largest absolute Gasteiger partial charge is 0.367 e. The molecule has 1 atom stereocenters. The number of rotatable bonds is 9. The third-order valence-electron chi connectivity index (χ3n) is 5.82. The Balaban J connectivity index is 1.41. The Kier molecular flexibility index (Phi) is 5.91. The summed E-state index contributed by atoms with van der Waals surface area (Å²) in [5.74, 6) is 2.52. The molecule has 0 aliphatic heterocycles. The Hall–Kier alpha value is -2.83. The number of pyridine rings is 1. The number of benzene rings is 1. The van der Waals surface area contributed by atoms with Crippen LogP contribution in [0.2, 0.25) is 0 Å². The van der Waals surface area contributed by atoms with Crippen LogP contribution in [0.5, 0.6) is 0 Å². The first-order valence-electron chi connectivity index (χ1n) is 11.0. The van der Waals surface area contributed by atoms with Crippen molar-refractivity contribution in [3.63, 3.8) is 0 Å². The zero-order valence-corrected chi connectivity index (χ0v) is 18.3. The topological polar surface area (TPSA) is 76.7 Å². The monoisotopic (exact) mass is 429 g/mol. The van der Waals surface area contributed by atoms with E-state index in [-0.39, 0.29) is 6.04 Å². The van der Waals surface area contributed by atoms with Crippen molar-refractivity contribution >= 4 is 27.4 Å². The van der Waals surface area contributed by atoms with Crippen molar-refractivity contribution in [2.24, 2.45) is 11.7 Å². The average Bonchev–Trinajstić information content (AvgIpc) is 3.55. The zero-order valence-electron chi connectivity index (χ0n) is 17.5. The van der Waals surface area contributed by atoms with Crippen molar-refractivity contribution in [3.8, 4) is 11.4 Å². The third kappa shape index (κ3) is 4.92. The predicted octanol–water partition coefficient (Wildman–Crippen LogP) is 5.08. The fraction of sp³-hybridized carbons (Fsp3) is 0.320. The molecule has 5 nitrogen and oxygen atoms in total. The van der Waals surface area contributed by atoms with Crippen LogP contribution in [-0.4, -0.2) is 27.5 Å². The highest BCUT2D eigenvalue weighted by Gasteiger charge is 2.22. The molecule has 0 saturated heterocycles. The van der Waals surface area contributed by atoms with Crippen LogP contribution in [0.25, 0.3) is 21.6 Å². The van der Waals surface area contributed by atoms with E-state index >= 15 is 0 Å². The van der Waals surface area contributed by atoms with Gasteiger partial charge < -0.3 is 11.1 Å². The van der Waals surface area contributed by atoms with Crippen LogP contribution in [0.15, 0.2) is 60.2 Å². The Morgan fingerprint density at radius 2 is 1.87 bits per heavy atom. The van der Waals surface area contributed by atoms with E-state index in [1.165, 1.54) is 30.4 Å². The molecule has 158 valence electrons. The number of fused-ring (bicyclic) bond motifs is 1. The van der Waals surface area contributed by atoms with Crippen LogP contribution in [0, 0.1) is 5.92 Å². The van der Waals surface area contributed by atoms with E-state index in [9.17, 15) is 0 Å². The van der Waals surface area contributed by atoms with Gasteiger partial charge in [0.25, 0.3) is 0 Å². The van der Waals surface area contributed by atoms with Crippen LogP contribution in [0.4, 0.5) is 5.82 Å². The van der Waals surface area contributed by atoms with E-state index in [4.69, 9.17) is 15.7 Å². The van der Waals surface area contributed by atoms with E-state index in [0.717, 1.165) is 46.2 Å².